The van der Waals surface area contributed by atoms with Crippen molar-refractivity contribution in [1.82, 2.24) is 4.57 Å². The molecular weight excluding hydrogens is 178 g/mol. The van der Waals surface area contributed by atoms with Gasteiger partial charge in [0.25, 0.3) is 0 Å². The first-order valence-corrected chi connectivity index (χ1v) is 4.91. The molecule has 0 bridgehead atoms. The van der Waals surface area contributed by atoms with E-state index in [0.29, 0.717) is 11.6 Å². The molecule has 0 aliphatic rings. The van der Waals surface area contributed by atoms with E-state index in [2.05, 4.69) is 13.8 Å². The van der Waals surface area contributed by atoms with E-state index in [0.717, 1.165) is 13.0 Å². The molecule has 0 atom stereocenters. The van der Waals surface area contributed by atoms with Crippen LogP contribution in [0.3, 0.4) is 0 Å². The second-order valence-corrected chi connectivity index (χ2v) is 3.99. The van der Waals surface area contributed by atoms with Crippen LogP contribution in [0.4, 0.5) is 0 Å². The zero-order valence-electron chi connectivity index (χ0n) is 8.95. The van der Waals surface area contributed by atoms with Gasteiger partial charge in [-0.2, -0.15) is 0 Å². The van der Waals surface area contributed by atoms with Gasteiger partial charge in [0.1, 0.15) is 0 Å². The second-order valence-electron chi connectivity index (χ2n) is 3.99. The summed E-state index contributed by atoms with van der Waals surface area (Å²) in [5, 5.41) is 9.42. The highest BCUT2D eigenvalue weighted by molar-refractivity contribution is 5.25. The summed E-state index contributed by atoms with van der Waals surface area (Å²) >= 11 is 0. The Kier molecular flexibility index (Phi) is 3.33. The maximum atomic E-state index is 11.1. The van der Waals surface area contributed by atoms with Gasteiger partial charge < -0.3 is 9.67 Å². The molecule has 1 rings (SSSR count). The molecule has 0 aliphatic heterocycles. The van der Waals surface area contributed by atoms with Gasteiger partial charge in [-0.05, 0) is 19.3 Å². The molecule has 0 amide bonds. The molecule has 1 N–H and O–H groups in total. The van der Waals surface area contributed by atoms with Crippen molar-refractivity contribution in [2.24, 2.45) is 5.92 Å². The lowest BCUT2D eigenvalue weighted by Crippen LogP contribution is -2.11. The quantitative estimate of drug-likeness (QED) is 0.800. The molecule has 1 aromatic rings. The number of aryl methyl sites for hydroxylation is 1. The predicted molar refractivity (Wildman–Crippen MR) is 56.6 cm³/mol. The summed E-state index contributed by atoms with van der Waals surface area (Å²) in [7, 11) is 0. The van der Waals surface area contributed by atoms with E-state index in [1.807, 2.05) is 4.57 Å². The standard InChI is InChI=1S/C11H17NO2/c1-8(2)4-6-12-7-5-10(13)11(14)9(12)3/h5,7-8,14H,4,6H2,1-3H3. The topological polar surface area (TPSA) is 42.2 Å². The first-order chi connectivity index (χ1) is 6.52. The highest BCUT2D eigenvalue weighted by atomic mass is 16.3. The van der Waals surface area contributed by atoms with Crippen LogP contribution in [0, 0.1) is 12.8 Å². The van der Waals surface area contributed by atoms with Gasteiger partial charge in [-0.1, -0.05) is 13.8 Å². The van der Waals surface area contributed by atoms with E-state index in [4.69, 9.17) is 0 Å². The molecule has 0 radical (unpaired) electrons. The fraction of sp³-hybridized carbons (Fsp3) is 0.545. The van der Waals surface area contributed by atoms with Crippen molar-refractivity contribution in [3.63, 3.8) is 0 Å². The highest BCUT2D eigenvalue weighted by Gasteiger charge is 2.04. The normalized spacial score (nSPS) is 10.9. The maximum Gasteiger partial charge on any atom is 0.223 e. The molecular formula is C11H17NO2. The third kappa shape index (κ3) is 2.37. The lowest BCUT2D eigenvalue weighted by atomic mass is 10.1. The van der Waals surface area contributed by atoms with E-state index in [9.17, 15) is 9.90 Å². The second kappa shape index (κ2) is 4.31. The molecule has 3 heteroatoms. The lowest BCUT2D eigenvalue weighted by molar-refractivity contribution is 0.443. The Hall–Kier alpha value is -1.25. The van der Waals surface area contributed by atoms with E-state index in [-0.39, 0.29) is 11.2 Å². The minimum absolute atomic E-state index is 0.128. The molecule has 14 heavy (non-hydrogen) atoms. The van der Waals surface area contributed by atoms with Crippen molar-refractivity contribution in [2.45, 2.75) is 33.7 Å². The van der Waals surface area contributed by atoms with Crippen molar-refractivity contribution >= 4 is 0 Å². The molecule has 78 valence electrons. The summed E-state index contributed by atoms with van der Waals surface area (Å²) in [4.78, 5) is 11.1. The van der Waals surface area contributed by atoms with Crippen molar-refractivity contribution in [2.75, 3.05) is 0 Å². The van der Waals surface area contributed by atoms with Crippen molar-refractivity contribution in [3.05, 3.63) is 28.2 Å². The van der Waals surface area contributed by atoms with Crippen LogP contribution in [-0.2, 0) is 6.54 Å². The van der Waals surface area contributed by atoms with Crippen molar-refractivity contribution in [1.29, 1.82) is 0 Å². The third-order valence-electron chi connectivity index (χ3n) is 2.36. The molecule has 0 saturated carbocycles. The fourth-order valence-corrected chi connectivity index (χ4v) is 1.30. The zero-order chi connectivity index (χ0) is 10.7. The third-order valence-corrected chi connectivity index (χ3v) is 2.36. The van der Waals surface area contributed by atoms with Crippen LogP contribution in [0.1, 0.15) is 26.0 Å². The summed E-state index contributed by atoms with van der Waals surface area (Å²) in [6.07, 6.45) is 2.78. The number of nitrogens with zero attached hydrogens (tertiary/aromatic N) is 1. The van der Waals surface area contributed by atoms with Crippen molar-refractivity contribution < 1.29 is 5.11 Å². The smallest absolute Gasteiger partial charge is 0.223 e. The van der Waals surface area contributed by atoms with E-state index >= 15 is 0 Å². The van der Waals surface area contributed by atoms with Gasteiger partial charge in [-0.3, -0.25) is 4.79 Å². The first kappa shape index (κ1) is 10.8. The van der Waals surface area contributed by atoms with Gasteiger partial charge in [-0.25, -0.2) is 0 Å². The van der Waals surface area contributed by atoms with Gasteiger partial charge in [0, 0.05) is 18.8 Å². The van der Waals surface area contributed by atoms with Gasteiger partial charge in [0.15, 0.2) is 5.75 Å². The van der Waals surface area contributed by atoms with Crippen LogP contribution in [0.2, 0.25) is 0 Å². The minimum atomic E-state index is -0.303. The first-order valence-electron chi connectivity index (χ1n) is 4.91. The van der Waals surface area contributed by atoms with Crippen molar-refractivity contribution in [3.8, 4) is 5.75 Å². The number of rotatable bonds is 3. The van der Waals surface area contributed by atoms with Gasteiger partial charge in [0.2, 0.25) is 5.43 Å². The maximum absolute atomic E-state index is 11.1. The molecule has 0 spiro atoms. The van der Waals surface area contributed by atoms with Gasteiger partial charge in [-0.15, -0.1) is 0 Å². The summed E-state index contributed by atoms with van der Waals surface area (Å²) in [6, 6.07) is 1.41. The summed E-state index contributed by atoms with van der Waals surface area (Å²) in [5.74, 6) is 0.493. The van der Waals surface area contributed by atoms with E-state index in [1.165, 1.54) is 6.07 Å². The predicted octanol–water partition coefficient (Wildman–Crippen LogP) is 1.91. The minimum Gasteiger partial charge on any atom is -0.503 e. The monoisotopic (exact) mass is 195 g/mol. The van der Waals surface area contributed by atoms with Crippen LogP contribution < -0.4 is 5.43 Å². The fourth-order valence-electron chi connectivity index (χ4n) is 1.30. The summed E-state index contributed by atoms with van der Waals surface area (Å²) < 4.78 is 1.91. The van der Waals surface area contributed by atoms with Crippen LogP contribution in [-0.4, -0.2) is 9.67 Å². The largest absolute Gasteiger partial charge is 0.503 e. The average molecular weight is 195 g/mol. The SMILES string of the molecule is Cc1c(O)c(=O)ccn1CCC(C)C. The van der Waals surface area contributed by atoms with Crippen LogP contribution >= 0.6 is 0 Å². The Morgan fingerprint density at radius 2 is 2.14 bits per heavy atom. The Bertz CT molecular complexity index is 366. The zero-order valence-corrected chi connectivity index (χ0v) is 8.95. The Balaban J connectivity index is 2.89. The molecule has 0 saturated heterocycles. The number of pyridine rings is 1. The van der Waals surface area contributed by atoms with E-state index < -0.39 is 0 Å². The number of hydrogen-bond donors (Lipinski definition) is 1. The summed E-state index contributed by atoms with van der Waals surface area (Å²) in [6.45, 7) is 6.91. The molecule has 0 unspecified atom stereocenters. The molecule has 0 aromatic carbocycles. The van der Waals surface area contributed by atoms with Crippen LogP contribution in [0.25, 0.3) is 0 Å². The van der Waals surface area contributed by atoms with E-state index in [1.54, 1.807) is 13.1 Å². The van der Waals surface area contributed by atoms with Crippen LogP contribution in [0.15, 0.2) is 17.1 Å². The van der Waals surface area contributed by atoms with Gasteiger partial charge >= 0.3 is 0 Å². The Labute approximate surface area is 84.0 Å². The average Bonchev–Trinajstić information content (AvgIpc) is 2.13. The van der Waals surface area contributed by atoms with Crippen LogP contribution in [0.5, 0.6) is 5.75 Å². The highest BCUT2D eigenvalue weighted by Crippen LogP contribution is 2.11. The molecule has 0 aliphatic carbocycles. The number of hydrogen-bond acceptors (Lipinski definition) is 2. The number of aromatic hydroxyl groups is 1. The molecule has 0 fully saturated rings. The lowest BCUT2D eigenvalue weighted by Gasteiger charge is -2.12. The Morgan fingerprint density at radius 1 is 1.50 bits per heavy atom. The molecule has 3 nitrogen and oxygen atoms in total. The summed E-state index contributed by atoms with van der Waals surface area (Å²) in [5.41, 5.74) is 0.349. The molecule has 1 heterocycles. The molecule has 1 aromatic heterocycles. The van der Waals surface area contributed by atoms with Gasteiger partial charge in [0.05, 0.1) is 5.69 Å². The Morgan fingerprint density at radius 3 is 2.71 bits per heavy atom. The number of aromatic nitrogens is 1.